The van der Waals surface area contributed by atoms with Gasteiger partial charge >= 0.3 is 0 Å². The smallest absolute Gasteiger partial charge is 0.0928 e. The maximum Gasteiger partial charge on any atom is 0.0928 e. The van der Waals surface area contributed by atoms with Gasteiger partial charge in [-0.2, -0.15) is 5.26 Å². The molecule has 70 valence electrons. The highest BCUT2D eigenvalue weighted by molar-refractivity contribution is 4.93. The van der Waals surface area contributed by atoms with Crippen molar-refractivity contribution in [3.05, 3.63) is 0 Å². The Morgan fingerprint density at radius 2 is 2.25 bits per heavy atom. The summed E-state index contributed by atoms with van der Waals surface area (Å²) in [5.41, 5.74) is -0.107. The summed E-state index contributed by atoms with van der Waals surface area (Å²) in [5.74, 6) is 0. The Morgan fingerprint density at radius 3 is 2.58 bits per heavy atom. The van der Waals surface area contributed by atoms with Gasteiger partial charge in [0, 0.05) is 12.1 Å². The van der Waals surface area contributed by atoms with E-state index in [1.807, 2.05) is 20.8 Å². The second-order valence-corrected chi connectivity index (χ2v) is 3.38. The molecule has 0 fully saturated rings. The second kappa shape index (κ2) is 5.13. The first-order chi connectivity index (χ1) is 5.58. The summed E-state index contributed by atoms with van der Waals surface area (Å²) in [4.78, 5) is 0. The van der Waals surface area contributed by atoms with Crippen LogP contribution in [0.1, 0.15) is 33.6 Å². The van der Waals surface area contributed by atoms with Crippen LogP contribution in [-0.4, -0.2) is 23.3 Å². The molecule has 0 spiro atoms. The van der Waals surface area contributed by atoms with Gasteiger partial charge in [-0.25, -0.2) is 0 Å². The first kappa shape index (κ1) is 11.4. The van der Waals surface area contributed by atoms with Crippen molar-refractivity contribution in [2.45, 2.75) is 45.2 Å². The Kier molecular flexibility index (Phi) is 4.87. The zero-order valence-electron chi connectivity index (χ0n) is 8.09. The van der Waals surface area contributed by atoms with Crippen LogP contribution in [0.15, 0.2) is 0 Å². The van der Waals surface area contributed by atoms with Gasteiger partial charge in [0.25, 0.3) is 0 Å². The molecule has 0 aromatic rings. The van der Waals surface area contributed by atoms with Crippen LogP contribution in [0.3, 0.4) is 0 Å². The number of hydrogen-bond donors (Lipinski definition) is 2. The average Bonchev–Trinajstić information content (AvgIpc) is 2.05. The highest BCUT2D eigenvalue weighted by Crippen LogP contribution is 2.14. The lowest BCUT2D eigenvalue weighted by atomic mass is 9.94. The molecule has 2 unspecified atom stereocenters. The molecule has 0 radical (unpaired) electrons. The fraction of sp³-hybridized carbons (Fsp3) is 0.889. The van der Waals surface area contributed by atoms with E-state index in [-0.39, 0.29) is 18.2 Å². The van der Waals surface area contributed by atoms with E-state index in [9.17, 15) is 0 Å². The van der Waals surface area contributed by atoms with Gasteiger partial charge in [-0.1, -0.05) is 6.92 Å². The molecular weight excluding hydrogens is 152 g/mol. The standard InChI is InChI=1S/C9H18N2O/c1-4-9(3,5-6-12)11-8(2)7-10/h8,11-12H,4-6H2,1-3H3. The predicted molar refractivity (Wildman–Crippen MR) is 48.6 cm³/mol. The fourth-order valence-corrected chi connectivity index (χ4v) is 1.15. The van der Waals surface area contributed by atoms with Crippen LogP contribution in [-0.2, 0) is 0 Å². The summed E-state index contributed by atoms with van der Waals surface area (Å²) in [6.45, 7) is 6.06. The molecule has 0 rings (SSSR count). The molecule has 12 heavy (non-hydrogen) atoms. The maximum atomic E-state index is 8.80. The van der Waals surface area contributed by atoms with Crippen molar-refractivity contribution in [1.29, 1.82) is 5.26 Å². The number of aliphatic hydroxyl groups is 1. The van der Waals surface area contributed by atoms with Gasteiger partial charge in [0.15, 0.2) is 0 Å². The van der Waals surface area contributed by atoms with Crippen LogP contribution < -0.4 is 5.32 Å². The van der Waals surface area contributed by atoms with E-state index in [0.717, 1.165) is 6.42 Å². The largest absolute Gasteiger partial charge is 0.396 e. The van der Waals surface area contributed by atoms with Gasteiger partial charge in [-0.05, 0) is 26.7 Å². The Hall–Kier alpha value is -0.590. The van der Waals surface area contributed by atoms with Crippen LogP contribution in [0.2, 0.25) is 0 Å². The lowest BCUT2D eigenvalue weighted by molar-refractivity contribution is 0.211. The maximum absolute atomic E-state index is 8.80. The highest BCUT2D eigenvalue weighted by Gasteiger charge is 2.22. The topological polar surface area (TPSA) is 56.0 Å². The monoisotopic (exact) mass is 170 g/mol. The minimum absolute atomic E-state index is 0.107. The van der Waals surface area contributed by atoms with Crippen molar-refractivity contribution in [2.75, 3.05) is 6.61 Å². The number of nitrogens with zero attached hydrogens (tertiary/aromatic N) is 1. The SMILES string of the molecule is CCC(C)(CCO)NC(C)C#N. The minimum Gasteiger partial charge on any atom is -0.396 e. The Balaban J connectivity index is 4.05. The third-order valence-electron chi connectivity index (χ3n) is 2.20. The molecular formula is C9H18N2O. The summed E-state index contributed by atoms with van der Waals surface area (Å²) in [7, 11) is 0. The average molecular weight is 170 g/mol. The van der Waals surface area contributed by atoms with Crippen LogP contribution in [0.25, 0.3) is 0 Å². The molecule has 2 N–H and O–H groups in total. The lowest BCUT2D eigenvalue weighted by Crippen LogP contribution is -2.46. The zero-order valence-corrected chi connectivity index (χ0v) is 8.09. The van der Waals surface area contributed by atoms with E-state index in [0.29, 0.717) is 6.42 Å². The normalized spacial score (nSPS) is 17.9. The molecule has 0 aromatic heterocycles. The Labute approximate surface area is 74.4 Å². The first-order valence-electron chi connectivity index (χ1n) is 4.36. The molecule has 3 heteroatoms. The number of hydrogen-bond acceptors (Lipinski definition) is 3. The summed E-state index contributed by atoms with van der Waals surface area (Å²) in [5, 5.41) is 20.6. The van der Waals surface area contributed by atoms with Crippen molar-refractivity contribution in [2.24, 2.45) is 0 Å². The number of aliphatic hydroxyl groups excluding tert-OH is 1. The number of nitriles is 1. The second-order valence-electron chi connectivity index (χ2n) is 3.38. The van der Waals surface area contributed by atoms with E-state index >= 15 is 0 Å². The molecule has 0 saturated heterocycles. The predicted octanol–water partition coefficient (Wildman–Crippen LogP) is 1.04. The molecule has 2 atom stereocenters. The quantitative estimate of drug-likeness (QED) is 0.648. The molecule has 3 nitrogen and oxygen atoms in total. The van der Waals surface area contributed by atoms with E-state index < -0.39 is 0 Å². The van der Waals surface area contributed by atoms with Crippen molar-refractivity contribution >= 4 is 0 Å². The van der Waals surface area contributed by atoms with Crippen LogP contribution in [0, 0.1) is 11.3 Å². The number of rotatable bonds is 5. The molecule has 0 aromatic carbocycles. The number of nitrogens with one attached hydrogen (secondary N) is 1. The summed E-state index contributed by atoms with van der Waals surface area (Å²) >= 11 is 0. The van der Waals surface area contributed by atoms with E-state index in [4.69, 9.17) is 10.4 Å². The molecule has 0 aliphatic heterocycles. The fourth-order valence-electron chi connectivity index (χ4n) is 1.15. The lowest BCUT2D eigenvalue weighted by Gasteiger charge is -2.30. The van der Waals surface area contributed by atoms with Gasteiger partial charge in [-0.15, -0.1) is 0 Å². The zero-order chi connectivity index (χ0) is 9.61. The van der Waals surface area contributed by atoms with Crippen molar-refractivity contribution in [3.63, 3.8) is 0 Å². The van der Waals surface area contributed by atoms with Gasteiger partial charge < -0.3 is 5.11 Å². The van der Waals surface area contributed by atoms with Crippen molar-refractivity contribution in [1.82, 2.24) is 5.32 Å². The van der Waals surface area contributed by atoms with Crippen molar-refractivity contribution < 1.29 is 5.11 Å². The minimum atomic E-state index is -0.151. The summed E-state index contributed by atoms with van der Waals surface area (Å²) < 4.78 is 0. The van der Waals surface area contributed by atoms with Crippen LogP contribution in [0.5, 0.6) is 0 Å². The highest BCUT2D eigenvalue weighted by atomic mass is 16.3. The molecule has 0 saturated carbocycles. The van der Waals surface area contributed by atoms with Gasteiger partial charge in [-0.3, -0.25) is 5.32 Å². The third kappa shape index (κ3) is 3.70. The third-order valence-corrected chi connectivity index (χ3v) is 2.20. The molecule has 0 heterocycles. The van der Waals surface area contributed by atoms with Crippen LogP contribution in [0.4, 0.5) is 0 Å². The summed E-state index contributed by atoms with van der Waals surface area (Å²) in [6.07, 6.45) is 1.61. The molecule has 0 aliphatic carbocycles. The Bertz CT molecular complexity index is 164. The van der Waals surface area contributed by atoms with Crippen molar-refractivity contribution in [3.8, 4) is 6.07 Å². The molecule has 0 bridgehead atoms. The van der Waals surface area contributed by atoms with E-state index in [2.05, 4.69) is 11.4 Å². The van der Waals surface area contributed by atoms with E-state index in [1.165, 1.54) is 0 Å². The Morgan fingerprint density at radius 1 is 1.67 bits per heavy atom. The van der Waals surface area contributed by atoms with Gasteiger partial charge in [0.05, 0.1) is 12.1 Å². The van der Waals surface area contributed by atoms with Gasteiger partial charge in [0.1, 0.15) is 0 Å². The van der Waals surface area contributed by atoms with Gasteiger partial charge in [0.2, 0.25) is 0 Å². The molecule has 0 aliphatic rings. The summed E-state index contributed by atoms with van der Waals surface area (Å²) in [6, 6.07) is 1.97. The first-order valence-corrected chi connectivity index (χ1v) is 4.36. The molecule has 0 amide bonds. The van der Waals surface area contributed by atoms with Crippen LogP contribution >= 0.6 is 0 Å². The van der Waals surface area contributed by atoms with E-state index in [1.54, 1.807) is 0 Å².